The van der Waals surface area contributed by atoms with Crippen LogP contribution in [0.2, 0.25) is 0 Å². The van der Waals surface area contributed by atoms with E-state index >= 15 is 0 Å². The molecule has 1 aromatic carbocycles. The molecule has 1 aromatic rings. The fourth-order valence-corrected chi connectivity index (χ4v) is 4.28. The lowest BCUT2D eigenvalue weighted by molar-refractivity contribution is 0.369. The Hall–Kier alpha value is -0.830. The molecule has 0 bridgehead atoms. The first-order valence-corrected chi connectivity index (χ1v) is 9.48. The summed E-state index contributed by atoms with van der Waals surface area (Å²) in [5.41, 5.74) is 2.29. The summed E-state index contributed by atoms with van der Waals surface area (Å²) in [6, 6.07) is 4.12. The van der Waals surface area contributed by atoms with Gasteiger partial charge in [-0.3, -0.25) is 0 Å². The number of aromatic hydroxyl groups is 1. The molecule has 0 aromatic heterocycles. The first-order valence-electron chi connectivity index (χ1n) is 8.44. The normalized spacial score (nSPS) is 17.3. The van der Waals surface area contributed by atoms with Crippen molar-refractivity contribution in [3.8, 4) is 11.5 Å². The van der Waals surface area contributed by atoms with Gasteiger partial charge >= 0.3 is 0 Å². The summed E-state index contributed by atoms with van der Waals surface area (Å²) in [7, 11) is 1.63. The van der Waals surface area contributed by atoms with Crippen LogP contribution >= 0.6 is 11.8 Å². The van der Waals surface area contributed by atoms with Gasteiger partial charge in [0, 0.05) is 16.6 Å². The van der Waals surface area contributed by atoms with Gasteiger partial charge in [-0.15, -0.1) is 0 Å². The van der Waals surface area contributed by atoms with E-state index < -0.39 is 0 Å². The highest BCUT2D eigenvalue weighted by atomic mass is 32.2. The van der Waals surface area contributed by atoms with Gasteiger partial charge in [-0.1, -0.05) is 52.5 Å². The minimum atomic E-state index is 0.0582. The average molecular weight is 323 g/mol. The Morgan fingerprint density at radius 2 is 1.77 bits per heavy atom. The van der Waals surface area contributed by atoms with E-state index in [4.69, 9.17) is 4.74 Å². The highest BCUT2D eigenvalue weighted by Gasteiger charge is 2.20. The van der Waals surface area contributed by atoms with Crippen LogP contribution in [0, 0.1) is 0 Å². The van der Waals surface area contributed by atoms with Crippen molar-refractivity contribution in [3.63, 3.8) is 0 Å². The fraction of sp³-hybridized carbons (Fsp3) is 0.684. The molecule has 3 heteroatoms. The first kappa shape index (κ1) is 17.5. The van der Waals surface area contributed by atoms with Gasteiger partial charge in [-0.05, 0) is 29.9 Å². The number of phenolic OH excluding ortho intramolecular Hbond substituents is 1. The standard InChI is InChI=1S/C19H30O2S/c1-19(2,3)15-11-14(18(20)17(12-15)21-4)13-22-16-9-7-5-6-8-10-16/h11-12,16,20H,5-10,13H2,1-4H3. The van der Waals surface area contributed by atoms with Crippen LogP contribution in [0.4, 0.5) is 0 Å². The van der Waals surface area contributed by atoms with Crippen molar-refractivity contribution in [3.05, 3.63) is 23.3 Å². The summed E-state index contributed by atoms with van der Waals surface area (Å²) >= 11 is 2.00. The topological polar surface area (TPSA) is 29.5 Å². The lowest BCUT2D eigenvalue weighted by Crippen LogP contribution is -2.12. The third-order valence-electron chi connectivity index (χ3n) is 4.52. The van der Waals surface area contributed by atoms with E-state index in [9.17, 15) is 5.11 Å². The van der Waals surface area contributed by atoms with Crippen LogP contribution in [-0.2, 0) is 11.2 Å². The molecule has 0 heterocycles. The number of thioether (sulfide) groups is 1. The van der Waals surface area contributed by atoms with Crippen LogP contribution in [0.15, 0.2) is 12.1 Å². The summed E-state index contributed by atoms with van der Waals surface area (Å²) < 4.78 is 5.37. The Morgan fingerprint density at radius 3 is 2.32 bits per heavy atom. The van der Waals surface area contributed by atoms with Gasteiger partial charge in [0.05, 0.1) is 7.11 Å². The monoisotopic (exact) mass is 322 g/mol. The van der Waals surface area contributed by atoms with E-state index in [0.717, 1.165) is 16.6 Å². The molecule has 0 amide bonds. The number of rotatable bonds is 4. The summed E-state index contributed by atoms with van der Waals surface area (Å²) in [6.45, 7) is 6.59. The van der Waals surface area contributed by atoms with Gasteiger partial charge in [0.1, 0.15) is 0 Å². The second kappa shape index (κ2) is 7.63. The Bertz CT molecular complexity index is 483. The maximum Gasteiger partial charge on any atom is 0.161 e. The van der Waals surface area contributed by atoms with Crippen LogP contribution in [0.3, 0.4) is 0 Å². The average Bonchev–Trinajstić information content (AvgIpc) is 2.73. The molecule has 1 N–H and O–H groups in total. The lowest BCUT2D eigenvalue weighted by Gasteiger charge is -2.22. The van der Waals surface area contributed by atoms with Crippen LogP contribution in [0.5, 0.6) is 11.5 Å². The predicted molar refractivity (Wildman–Crippen MR) is 96.1 cm³/mol. The molecule has 124 valence electrons. The van der Waals surface area contributed by atoms with Crippen LogP contribution in [-0.4, -0.2) is 17.5 Å². The van der Waals surface area contributed by atoms with Crippen LogP contribution < -0.4 is 4.74 Å². The van der Waals surface area contributed by atoms with Gasteiger partial charge in [0.2, 0.25) is 0 Å². The second-order valence-electron chi connectivity index (χ2n) is 7.36. The highest BCUT2D eigenvalue weighted by molar-refractivity contribution is 7.99. The van der Waals surface area contributed by atoms with E-state index in [2.05, 4.69) is 26.8 Å². The molecular formula is C19H30O2S. The van der Waals surface area contributed by atoms with Gasteiger partial charge in [0.25, 0.3) is 0 Å². The first-order chi connectivity index (χ1) is 10.4. The van der Waals surface area contributed by atoms with Gasteiger partial charge in [-0.25, -0.2) is 0 Å². The molecule has 0 spiro atoms. The Labute approximate surface area is 139 Å². The van der Waals surface area contributed by atoms with Crippen molar-refractivity contribution < 1.29 is 9.84 Å². The zero-order valence-electron chi connectivity index (χ0n) is 14.4. The fourth-order valence-electron chi connectivity index (χ4n) is 2.98. The lowest BCUT2D eigenvalue weighted by atomic mass is 9.86. The van der Waals surface area contributed by atoms with Crippen LogP contribution in [0.25, 0.3) is 0 Å². The number of ether oxygens (including phenoxy) is 1. The van der Waals surface area contributed by atoms with Crippen molar-refractivity contribution in [2.45, 2.75) is 75.7 Å². The highest BCUT2D eigenvalue weighted by Crippen LogP contribution is 2.39. The Balaban J connectivity index is 2.14. The zero-order valence-corrected chi connectivity index (χ0v) is 15.3. The van der Waals surface area contributed by atoms with Gasteiger partial charge in [-0.2, -0.15) is 11.8 Å². The number of methoxy groups -OCH3 is 1. The molecule has 1 saturated carbocycles. The van der Waals surface area contributed by atoms with Gasteiger partial charge in [0.15, 0.2) is 11.5 Å². The number of benzene rings is 1. The molecule has 2 nitrogen and oxygen atoms in total. The molecule has 0 aliphatic heterocycles. The zero-order chi connectivity index (χ0) is 16.2. The van der Waals surface area contributed by atoms with Crippen molar-refractivity contribution in [1.82, 2.24) is 0 Å². The molecule has 2 rings (SSSR count). The molecule has 22 heavy (non-hydrogen) atoms. The summed E-state index contributed by atoms with van der Waals surface area (Å²) in [6.07, 6.45) is 8.12. The van der Waals surface area contributed by atoms with Crippen molar-refractivity contribution in [2.24, 2.45) is 0 Å². The quantitative estimate of drug-likeness (QED) is 0.726. The number of hydrogen-bond donors (Lipinski definition) is 1. The Kier molecular flexibility index (Phi) is 6.08. The molecule has 0 atom stereocenters. The second-order valence-corrected chi connectivity index (χ2v) is 8.65. The molecular weight excluding hydrogens is 292 g/mol. The van der Waals surface area contributed by atoms with E-state index in [-0.39, 0.29) is 5.41 Å². The third-order valence-corrected chi connectivity index (χ3v) is 5.94. The molecule has 0 unspecified atom stereocenters. The summed E-state index contributed by atoms with van der Waals surface area (Å²) in [5.74, 6) is 1.79. The third kappa shape index (κ3) is 4.58. The Morgan fingerprint density at radius 1 is 1.14 bits per heavy atom. The number of hydrogen-bond acceptors (Lipinski definition) is 3. The van der Waals surface area contributed by atoms with Gasteiger partial charge < -0.3 is 9.84 Å². The van der Waals surface area contributed by atoms with E-state index in [1.54, 1.807) is 7.11 Å². The van der Waals surface area contributed by atoms with E-state index in [0.29, 0.717) is 11.5 Å². The molecule has 1 aliphatic rings. The van der Waals surface area contributed by atoms with Crippen molar-refractivity contribution >= 4 is 11.8 Å². The van der Waals surface area contributed by atoms with Crippen molar-refractivity contribution in [2.75, 3.05) is 7.11 Å². The van der Waals surface area contributed by atoms with Crippen LogP contribution in [0.1, 0.15) is 70.4 Å². The van der Waals surface area contributed by atoms with E-state index in [1.807, 2.05) is 17.8 Å². The maximum atomic E-state index is 10.4. The smallest absolute Gasteiger partial charge is 0.161 e. The molecule has 0 saturated heterocycles. The minimum Gasteiger partial charge on any atom is -0.504 e. The maximum absolute atomic E-state index is 10.4. The number of phenols is 1. The summed E-state index contributed by atoms with van der Waals surface area (Å²) in [4.78, 5) is 0. The molecule has 1 aliphatic carbocycles. The summed E-state index contributed by atoms with van der Waals surface area (Å²) in [5, 5.41) is 11.2. The largest absolute Gasteiger partial charge is 0.504 e. The van der Waals surface area contributed by atoms with E-state index in [1.165, 1.54) is 44.1 Å². The predicted octanol–water partition coefficient (Wildman–Crippen LogP) is 5.65. The molecule has 0 radical (unpaired) electrons. The molecule has 1 fully saturated rings. The van der Waals surface area contributed by atoms with Crippen molar-refractivity contribution in [1.29, 1.82) is 0 Å². The SMILES string of the molecule is COc1cc(C(C)(C)C)cc(CSC2CCCCCC2)c1O. The minimum absolute atomic E-state index is 0.0582.